The minimum atomic E-state index is -0.114. The van der Waals surface area contributed by atoms with Gasteiger partial charge in [-0.05, 0) is 31.0 Å². The number of piperidine rings is 1. The number of aromatic nitrogens is 4. The summed E-state index contributed by atoms with van der Waals surface area (Å²) in [6.07, 6.45) is 2.29. The summed E-state index contributed by atoms with van der Waals surface area (Å²) in [5, 5.41) is 10.1. The summed E-state index contributed by atoms with van der Waals surface area (Å²) in [7, 11) is 0. The Balaban J connectivity index is 1.35. The Morgan fingerprint density at radius 1 is 1.44 bits per heavy atom. The zero-order valence-electron chi connectivity index (χ0n) is 14.6. The van der Waals surface area contributed by atoms with Crippen molar-refractivity contribution in [2.45, 2.75) is 19.3 Å². The molecule has 3 aromatic rings. The zero-order chi connectivity index (χ0) is 18.8. The molecule has 10 heteroatoms. The molecule has 0 radical (unpaired) electrons. The van der Waals surface area contributed by atoms with E-state index in [-0.39, 0.29) is 17.8 Å². The van der Waals surface area contributed by atoms with Crippen molar-refractivity contribution < 1.29 is 9.21 Å². The smallest absolute Gasteiger partial charge is 0.298 e. The van der Waals surface area contributed by atoms with Gasteiger partial charge in [-0.25, -0.2) is 0 Å². The van der Waals surface area contributed by atoms with Crippen molar-refractivity contribution in [1.82, 2.24) is 25.5 Å². The van der Waals surface area contributed by atoms with Gasteiger partial charge in [0.05, 0.1) is 5.92 Å². The largest absolute Gasteiger partial charge is 0.423 e. The van der Waals surface area contributed by atoms with Gasteiger partial charge >= 0.3 is 0 Å². The molecule has 2 aromatic heterocycles. The number of nitrogens with two attached hydrogens (primary N) is 1. The molecule has 4 N–H and O–H groups in total. The summed E-state index contributed by atoms with van der Waals surface area (Å²) in [4.78, 5) is 23.0. The number of rotatable bonds is 5. The molecule has 1 unspecified atom stereocenters. The third-order valence-corrected chi connectivity index (χ3v) is 4.85. The maximum atomic E-state index is 12.5. The summed E-state index contributed by atoms with van der Waals surface area (Å²) in [5.74, 6) is 0.769. The summed E-state index contributed by atoms with van der Waals surface area (Å²) >= 11 is 6.01. The Labute approximate surface area is 160 Å². The van der Waals surface area contributed by atoms with Gasteiger partial charge in [0.15, 0.2) is 5.58 Å². The Kier molecular flexibility index (Phi) is 4.85. The Morgan fingerprint density at radius 3 is 3.15 bits per heavy atom. The highest BCUT2D eigenvalue weighted by atomic mass is 35.5. The lowest BCUT2D eigenvalue weighted by atomic mass is 9.97. The van der Waals surface area contributed by atoms with E-state index in [1.807, 2.05) is 4.90 Å². The molecule has 1 amide bonds. The van der Waals surface area contributed by atoms with Crippen molar-refractivity contribution in [2.24, 2.45) is 5.92 Å². The molecule has 4 rings (SSSR count). The number of H-pyrrole nitrogens is 1. The molecular formula is C17H20ClN7O2. The average Bonchev–Trinajstić information content (AvgIpc) is 3.27. The second-order valence-corrected chi connectivity index (χ2v) is 7.01. The SMILES string of the molecule is Nc1n[nH]c(CCNC(=O)C2CCCN(c3nc4cc(Cl)ccc4o3)C2)n1. The van der Waals surface area contributed by atoms with Crippen LogP contribution in [0.4, 0.5) is 12.0 Å². The standard InChI is InChI=1S/C17H20ClN7O2/c18-11-3-4-13-12(8-11)21-17(27-13)25-7-1-2-10(9-25)15(26)20-6-5-14-22-16(19)24-23-14/h3-4,8,10H,1-2,5-7,9H2,(H,20,26)(H3,19,22,23,24). The fourth-order valence-electron chi connectivity index (χ4n) is 3.26. The second kappa shape index (κ2) is 7.43. The van der Waals surface area contributed by atoms with E-state index < -0.39 is 0 Å². The first-order chi connectivity index (χ1) is 13.1. The Hall–Kier alpha value is -2.81. The number of amides is 1. The van der Waals surface area contributed by atoms with E-state index >= 15 is 0 Å². The number of hydrogen-bond acceptors (Lipinski definition) is 7. The highest BCUT2D eigenvalue weighted by Gasteiger charge is 2.28. The van der Waals surface area contributed by atoms with Gasteiger partial charge < -0.3 is 20.4 Å². The molecule has 1 atom stereocenters. The number of nitrogens with one attached hydrogen (secondary N) is 2. The summed E-state index contributed by atoms with van der Waals surface area (Å²) < 4.78 is 5.83. The maximum absolute atomic E-state index is 12.5. The van der Waals surface area contributed by atoms with Crippen LogP contribution >= 0.6 is 11.6 Å². The highest BCUT2D eigenvalue weighted by molar-refractivity contribution is 6.31. The van der Waals surface area contributed by atoms with Gasteiger partial charge in [-0.2, -0.15) is 9.97 Å². The van der Waals surface area contributed by atoms with Gasteiger partial charge in [-0.15, -0.1) is 5.10 Å². The van der Waals surface area contributed by atoms with Crippen LogP contribution in [0.5, 0.6) is 0 Å². The highest BCUT2D eigenvalue weighted by Crippen LogP contribution is 2.27. The Morgan fingerprint density at radius 2 is 2.33 bits per heavy atom. The fourth-order valence-corrected chi connectivity index (χ4v) is 3.43. The van der Waals surface area contributed by atoms with E-state index in [2.05, 4.69) is 25.5 Å². The third-order valence-electron chi connectivity index (χ3n) is 4.61. The second-order valence-electron chi connectivity index (χ2n) is 6.57. The number of anilines is 2. The molecule has 0 saturated carbocycles. The molecule has 0 bridgehead atoms. The normalized spacial score (nSPS) is 17.4. The van der Waals surface area contributed by atoms with Crippen LogP contribution in [0.3, 0.4) is 0 Å². The molecule has 1 saturated heterocycles. The number of carbonyl (C=O) groups is 1. The number of nitrogen functional groups attached to an aromatic ring is 1. The van der Waals surface area contributed by atoms with E-state index in [1.165, 1.54) is 0 Å². The van der Waals surface area contributed by atoms with E-state index in [4.69, 9.17) is 21.8 Å². The van der Waals surface area contributed by atoms with Gasteiger partial charge in [-0.3, -0.25) is 9.89 Å². The molecule has 3 heterocycles. The predicted octanol–water partition coefficient (Wildman–Crippen LogP) is 1.76. The Bertz CT molecular complexity index is 954. The number of nitrogens with zero attached hydrogens (tertiary/aromatic N) is 4. The number of oxazole rings is 1. The lowest BCUT2D eigenvalue weighted by Crippen LogP contribution is -2.43. The van der Waals surface area contributed by atoms with Crippen LogP contribution in [0.15, 0.2) is 22.6 Å². The van der Waals surface area contributed by atoms with E-state index in [0.717, 1.165) is 24.9 Å². The quantitative estimate of drug-likeness (QED) is 0.606. The summed E-state index contributed by atoms with van der Waals surface area (Å²) in [6.45, 7) is 1.86. The first-order valence-electron chi connectivity index (χ1n) is 8.84. The number of halogens is 1. The third kappa shape index (κ3) is 3.97. The van der Waals surface area contributed by atoms with E-state index in [0.29, 0.717) is 42.0 Å². The minimum absolute atomic E-state index is 0.0198. The summed E-state index contributed by atoms with van der Waals surface area (Å²) in [5.41, 5.74) is 6.87. The average molecular weight is 390 g/mol. The minimum Gasteiger partial charge on any atom is -0.423 e. The topological polar surface area (TPSA) is 126 Å². The first-order valence-corrected chi connectivity index (χ1v) is 9.22. The first kappa shape index (κ1) is 17.6. The number of hydrogen-bond donors (Lipinski definition) is 3. The number of aromatic amines is 1. The molecule has 1 aliphatic rings. The lowest BCUT2D eigenvalue weighted by molar-refractivity contribution is -0.125. The molecule has 142 valence electrons. The number of carbonyl (C=O) groups excluding carboxylic acids is 1. The molecule has 0 aliphatic carbocycles. The van der Waals surface area contributed by atoms with Gasteiger partial charge in [0.1, 0.15) is 11.3 Å². The molecule has 27 heavy (non-hydrogen) atoms. The molecule has 9 nitrogen and oxygen atoms in total. The maximum Gasteiger partial charge on any atom is 0.298 e. The molecule has 1 aliphatic heterocycles. The predicted molar refractivity (Wildman–Crippen MR) is 101 cm³/mol. The molecule has 0 spiro atoms. The van der Waals surface area contributed by atoms with Crippen molar-refractivity contribution in [3.8, 4) is 0 Å². The number of fused-ring (bicyclic) bond motifs is 1. The van der Waals surface area contributed by atoms with Gasteiger partial charge in [0.25, 0.3) is 6.01 Å². The van der Waals surface area contributed by atoms with E-state index in [1.54, 1.807) is 18.2 Å². The van der Waals surface area contributed by atoms with Gasteiger partial charge in [0.2, 0.25) is 11.9 Å². The molecular weight excluding hydrogens is 370 g/mol. The summed E-state index contributed by atoms with van der Waals surface area (Å²) in [6, 6.07) is 5.88. The van der Waals surface area contributed by atoms with Crippen LogP contribution < -0.4 is 16.0 Å². The van der Waals surface area contributed by atoms with Crippen molar-refractivity contribution in [1.29, 1.82) is 0 Å². The monoisotopic (exact) mass is 389 g/mol. The fraction of sp³-hybridized carbons (Fsp3) is 0.412. The van der Waals surface area contributed by atoms with Crippen LogP contribution in [0.1, 0.15) is 18.7 Å². The van der Waals surface area contributed by atoms with Crippen LogP contribution in [-0.2, 0) is 11.2 Å². The van der Waals surface area contributed by atoms with Gasteiger partial charge in [0, 0.05) is 31.1 Å². The van der Waals surface area contributed by atoms with Crippen molar-refractivity contribution in [3.05, 3.63) is 29.0 Å². The van der Waals surface area contributed by atoms with Crippen molar-refractivity contribution in [3.63, 3.8) is 0 Å². The van der Waals surface area contributed by atoms with Gasteiger partial charge in [-0.1, -0.05) is 11.6 Å². The van der Waals surface area contributed by atoms with Crippen molar-refractivity contribution >= 4 is 40.6 Å². The molecule has 1 aromatic carbocycles. The van der Waals surface area contributed by atoms with Crippen LogP contribution in [0.2, 0.25) is 5.02 Å². The lowest BCUT2D eigenvalue weighted by Gasteiger charge is -2.30. The van der Waals surface area contributed by atoms with Crippen molar-refractivity contribution in [2.75, 3.05) is 30.3 Å². The van der Waals surface area contributed by atoms with Crippen LogP contribution in [0, 0.1) is 5.92 Å². The van der Waals surface area contributed by atoms with E-state index in [9.17, 15) is 4.79 Å². The number of benzene rings is 1. The van der Waals surface area contributed by atoms with Crippen LogP contribution in [0.25, 0.3) is 11.1 Å². The molecule has 1 fully saturated rings. The zero-order valence-corrected chi connectivity index (χ0v) is 15.4. The van der Waals surface area contributed by atoms with Crippen LogP contribution in [-0.4, -0.2) is 45.7 Å².